The van der Waals surface area contributed by atoms with Crippen molar-refractivity contribution in [2.45, 2.75) is 0 Å². The Labute approximate surface area is 119 Å². The Kier molecular flexibility index (Phi) is 4.00. The van der Waals surface area contributed by atoms with E-state index in [9.17, 15) is 0 Å². The minimum atomic E-state index is 0.350. The van der Waals surface area contributed by atoms with Gasteiger partial charge in [-0.15, -0.1) is 12.8 Å². The van der Waals surface area contributed by atoms with Crippen LogP contribution in [0.15, 0.2) is 30.6 Å². The summed E-state index contributed by atoms with van der Waals surface area (Å²) < 4.78 is 0. The van der Waals surface area contributed by atoms with Crippen molar-refractivity contribution in [1.29, 1.82) is 0 Å². The molecule has 0 saturated heterocycles. The van der Waals surface area contributed by atoms with Gasteiger partial charge in [-0.05, 0) is 12.1 Å². The predicted molar refractivity (Wildman–Crippen MR) is 77.0 cm³/mol. The fourth-order valence-corrected chi connectivity index (χ4v) is 1.96. The number of aromatic nitrogens is 4. The number of rotatable bonds is 1. The molecular weight excluding hydrogens is 283 g/mol. The third-order valence-electron chi connectivity index (χ3n) is 2.32. The van der Waals surface area contributed by atoms with E-state index in [-0.39, 0.29) is 0 Å². The molecule has 3 aromatic rings. The van der Waals surface area contributed by atoms with Crippen molar-refractivity contribution in [2.24, 2.45) is 0 Å². The maximum Gasteiger partial charge on any atom is 0.182 e. The molecule has 1 aromatic carbocycles. The Morgan fingerprint density at radius 2 is 1.89 bits per heavy atom. The number of hydrogen-bond donors (Lipinski definition) is 1. The molecule has 0 aliphatic carbocycles. The Bertz CT molecular complexity index is 734. The fraction of sp³-hybridized carbons (Fsp3) is 0. The highest BCUT2D eigenvalue weighted by Crippen LogP contribution is 2.24. The smallest absolute Gasteiger partial charge is 0.182 e. The number of hydrogen-bond acceptors (Lipinski definition) is 3. The van der Waals surface area contributed by atoms with Gasteiger partial charge in [-0.3, -0.25) is 0 Å². The topological polar surface area (TPSA) is 54.5 Å². The van der Waals surface area contributed by atoms with E-state index in [1.54, 1.807) is 12.1 Å². The second-order valence-corrected chi connectivity index (χ2v) is 4.24. The van der Waals surface area contributed by atoms with Gasteiger partial charge in [-0.2, -0.15) is 0 Å². The molecule has 1 N–H and O–H groups in total. The van der Waals surface area contributed by atoms with Crippen LogP contribution < -0.4 is 0 Å². The number of benzene rings is 1. The lowest BCUT2D eigenvalue weighted by Gasteiger charge is -2.01. The maximum absolute atomic E-state index is 6.04. The molecule has 6 heteroatoms. The number of terminal acetylenes is 1. The number of halogens is 2. The van der Waals surface area contributed by atoms with E-state index in [0.29, 0.717) is 27.2 Å². The van der Waals surface area contributed by atoms with Crippen LogP contribution in [-0.4, -0.2) is 19.9 Å². The van der Waals surface area contributed by atoms with E-state index in [1.165, 1.54) is 6.33 Å². The summed E-state index contributed by atoms with van der Waals surface area (Å²) in [4.78, 5) is 15.5. The van der Waals surface area contributed by atoms with E-state index in [2.05, 4.69) is 32.8 Å². The third-order valence-corrected chi connectivity index (χ3v) is 2.83. The van der Waals surface area contributed by atoms with Crippen molar-refractivity contribution >= 4 is 34.4 Å². The third kappa shape index (κ3) is 2.68. The zero-order valence-electron chi connectivity index (χ0n) is 9.64. The standard InChI is InChI=1S/C11H6Cl2N4.C2H2/c12-7-3-1-2-6(4-7)10-16-9(13)8-11(17-10)15-5-14-8;1-2/h1-5H,(H,14,15,16,17);1-2H. The van der Waals surface area contributed by atoms with E-state index in [4.69, 9.17) is 23.2 Å². The first kappa shape index (κ1) is 13.3. The number of imidazole rings is 1. The summed E-state index contributed by atoms with van der Waals surface area (Å²) >= 11 is 12.0. The highest BCUT2D eigenvalue weighted by molar-refractivity contribution is 6.33. The second kappa shape index (κ2) is 5.70. The molecule has 2 heterocycles. The summed E-state index contributed by atoms with van der Waals surface area (Å²) in [7, 11) is 0. The molecule has 2 aromatic heterocycles. The molecule has 0 saturated carbocycles. The molecule has 4 nitrogen and oxygen atoms in total. The van der Waals surface area contributed by atoms with Crippen LogP contribution in [0.3, 0.4) is 0 Å². The molecule has 0 amide bonds. The average Bonchev–Trinajstić information content (AvgIpc) is 2.90. The zero-order chi connectivity index (χ0) is 13.8. The largest absolute Gasteiger partial charge is 0.341 e. The maximum atomic E-state index is 6.04. The van der Waals surface area contributed by atoms with Crippen LogP contribution in [-0.2, 0) is 0 Å². The Morgan fingerprint density at radius 1 is 1.11 bits per heavy atom. The van der Waals surface area contributed by atoms with Gasteiger partial charge in [0.05, 0.1) is 6.33 Å². The van der Waals surface area contributed by atoms with Gasteiger partial charge in [-0.1, -0.05) is 35.3 Å². The van der Waals surface area contributed by atoms with Crippen LogP contribution in [0, 0.1) is 12.8 Å². The van der Waals surface area contributed by atoms with Crippen molar-refractivity contribution in [2.75, 3.05) is 0 Å². The highest BCUT2D eigenvalue weighted by atomic mass is 35.5. The Morgan fingerprint density at radius 3 is 2.63 bits per heavy atom. The summed E-state index contributed by atoms with van der Waals surface area (Å²) in [5, 5.41) is 0.979. The SMILES string of the molecule is C#C.Clc1cccc(-c2nc(Cl)c3[nH]cnc3n2)c1. The molecule has 0 fully saturated rings. The van der Waals surface area contributed by atoms with Gasteiger partial charge in [0.15, 0.2) is 16.6 Å². The number of nitrogens with one attached hydrogen (secondary N) is 1. The van der Waals surface area contributed by atoms with Crippen molar-refractivity contribution in [3.05, 3.63) is 40.8 Å². The second-order valence-electron chi connectivity index (χ2n) is 3.45. The van der Waals surface area contributed by atoms with Crippen LogP contribution in [0.25, 0.3) is 22.6 Å². The molecule has 0 radical (unpaired) electrons. The molecule has 0 aliphatic heterocycles. The first-order valence-corrected chi connectivity index (χ1v) is 5.95. The lowest BCUT2D eigenvalue weighted by atomic mass is 10.2. The van der Waals surface area contributed by atoms with Crippen LogP contribution in [0.2, 0.25) is 10.2 Å². The van der Waals surface area contributed by atoms with E-state index < -0.39 is 0 Å². The van der Waals surface area contributed by atoms with Gasteiger partial charge in [0.2, 0.25) is 0 Å². The molecule has 19 heavy (non-hydrogen) atoms. The monoisotopic (exact) mass is 290 g/mol. The first-order chi connectivity index (χ1) is 9.24. The number of aromatic amines is 1. The van der Waals surface area contributed by atoms with Gasteiger partial charge in [-0.25, -0.2) is 15.0 Å². The van der Waals surface area contributed by atoms with Crippen LogP contribution in [0.4, 0.5) is 0 Å². The van der Waals surface area contributed by atoms with Gasteiger partial charge < -0.3 is 4.98 Å². The van der Waals surface area contributed by atoms with E-state index in [1.807, 2.05) is 12.1 Å². The quantitative estimate of drug-likeness (QED) is 0.550. The Balaban J connectivity index is 0.000000637. The van der Waals surface area contributed by atoms with E-state index >= 15 is 0 Å². The number of H-pyrrole nitrogens is 1. The average molecular weight is 291 g/mol. The minimum Gasteiger partial charge on any atom is -0.341 e. The summed E-state index contributed by atoms with van der Waals surface area (Å²) in [6, 6.07) is 7.28. The first-order valence-electron chi connectivity index (χ1n) is 5.20. The normalized spacial score (nSPS) is 9.89. The van der Waals surface area contributed by atoms with Crippen molar-refractivity contribution in [3.63, 3.8) is 0 Å². The lowest BCUT2D eigenvalue weighted by Crippen LogP contribution is -1.91. The molecule has 0 unspecified atom stereocenters. The molecule has 0 bridgehead atoms. The van der Waals surface area contributed by atoms with Gasteiger partial charge in [0.1, 0.15) is 5.52 Å². The molecule has 0 spiro atoms. The van der Waals surface area contributed by atoms with Crippen LogP contribution in [0.1, 0.15) is 0 Å². The Hall–Kier alpha value is -2.09. The summed E-state index contributed by atoms with van der Waals surface area (Å²) in [6.07, 6.45) is 9.53. The van der Waals surface area contributed by atoms with E-state index in [0.717, 1.165) is 5.56 Å². The van der Waals surface area contributed by atoms with Crippen LogP contribution in [0.5, 0.6) is 0 Å². The minimum absolute atomic E-state index is 0.350. The van der Waals surface area contributed by atoms with Crippen molar-refractivity contribution < 1.29 is 0 Å². The molecule has 0 atom stereocenters. The van der Waals surface area contributed by atoms with Gasteiger partial charge >= 0.3 is 0 Å². The molecular formula is C13H8Cl2N4. The lowest BCUT2D eigenvalue weighted by molar-refractivity contribution is 1.21. The van der Waals surface area contributed by atoms with Gasteiger partial charge in [0.25, 0.3) is 0 Å². The van der Waals surface area contributed by atoms with Gasteiger partial charge in [0, 0.05) is 10.6 Å². The zero-order valence-corrected chi connectivity index (χ0v) is 11.2. The molecule has 3 rings (SSSR count). The van der Waals surface area contributed by atoms with Crippen LogP contribution >= 0.6 is 23.2 Å². The summed E-state index contributed by atoms with van der Waals surface area (Å²) in [6.45, 7) is 0. The predicted octanol–water partition coefficient (Wildman–Crippen LogP) is 3.58. The summed E-state index contributed by atoms with van der Waals surface area (Å²) in [5.41, 5.74) is 1.99. The number of fused-ring (bicyclic) bond motifs is 1. The van der Waals surface area contributed by atoms with Crippen molar-refractivity contribution in [1.82, 2.24) is 19.9 Å². The van der Waals surface area contributed by atoms with Crippen molar-refractivity contribution in [3.8, 4) is 24.2 Å². The number of nitrogens with zero attached hydrogens (tertiary/aromatic N) is 3. The molecule has 0 aliphatic rings. The molecule has 94 valence electrons. The summed E-state index contributed by atoms with van der Waals surface area (Å²) in [5.74, 6) is 0.511. The highest BCUT2D eigenvalue weighted by Gasteiger charge is 2.09. The fourth-order valence-electron chi connectivity index (χ4n) is 1.55.